The van der Waals surface area contributed by atoms with Gasteiger partial charge < -0.3 is 9.53 Å². The van der Waals surface area contributed by atoms with Crippen LogP contribution in [0, 0.1) is 10.1 Å². The van der Waals surface area contributed by atoms with Gasteiger partial charge in [-0.15, -0.1) is 0 Å². The largest absolute Gasteiger partial charge is 0.539 e. The summed E-state index contributed by atoms with van der Waals surface area (Å²) in [6.45, 7) is 10.1. The SMILES string of the molecule is CC(C)(C)[Si](C)(C)Oc1cc(CO)ccc1[N+](=O)[O-]. The first-order chi connectivity index (χ1) is 8.58. The maximum absolute atomic E-state index is 11.0. The van der Waals surface area contributed by atoms with E-state index in [-0.39, 0.29) is 23.1 Å². The highest BCUT2D eigenvalue weighted by Crippen LogP contribution is 2.40. The van der Waals surface area contributed by atoms with Crippen LogP contribution in [0.4, 0.5) is 5.69 Å². The zero-order valence-corrected chi connectivity index (χ0v) is 13.1. The molecule has 19 heavy (non-hydrogen) atoms. The summed E-state index contributed by atoms with van der Waals surface area (Å²) >= 11 is 0. The molecule has 0 saturated heterocycles. The molecule has 0 heterocycles. The highest BCUT2D eigenvalue weighted by Gasteiger charge is 2.40. The molecule has 0 amide bonds. The van der Waals surface area contributed by atoms with E-state index in [1.54, 1.807) is 6.07 Å². The fraction of sp³-hybridized carbons (Fsp3) is 0.538. The van der Waals surface area contributed by atoms with Crippen molar-refractivity contribution < 1.29 is 14.5 Å². The molecule has 0 atom stereocenters. The Kier molecular flexibility index (Phi) is 4.37. The van der Waals surface area contributed by atoms with Crippen LogP contribution in [0.2, 0.25) is 18.1 Å². The van der Waals surface area contributed by atoms with Crippen LogP contribution in [0.5, 0.6) is 5.75 Å². The van der Waals surface area contributed by atoms with Crippen molar-refractivity contribution in [2.24, 2.45) is 0 Å². The van der Waals surface area contributed by atoms with Gasteiger partial charge in [-0.2, -0.15) is 0 Å². The Balaban J connectivity index is 3.21. The van der Waals surface area contributed by atoms with Crippen molar-refractivity contribution >= 4 is 14.0 Å². The molecule has 0 unspecified atom stereocenters. The zero-order chi connectivity index (χ0) is 14.8. The third-order valence-electron chi connectivity index (χ3n) is 3.57. The van der Waals surface area contributed by atoms with Gasteiger partial charge in [-0.25, -0.2) is 0 Å². The predicted molar refractivity (Wildman–Crippen MR) is 76.8 cm³/mol. The second-order valence-corrected chi connectivity index (χ2v) is 10.8. The van der Waals surface area contributed by atoms with Gasteiger partial charge in [-0.05, 0) is 35.8 Å². The minimum Gasteiger partial charge on any atom is -0.539 e. The third-order valence-corrected chi connectivity index (χ3v) is 7.92. The van der Waals surface area contributed by atoms with Gasteiger partial charge in [0, 0.05) is 6.07 Å². The van der Waals surface area contributed by atoms with Crippen LogP contribution in [0.1, 0.15) is 26.3 Å². The number of aliphatic hydroxyl groups excluding tert-OH is 1. The Labute approximate surface area is 114 Å². The monoisotopic (exact) mass is 283 g/mol. The zero-order valence-electron chi connectivity index (χ0n) is 12.1. The molecule has 0 fully saturated rings. The van der Waals surface area contributed by atoms with Gasteiger partial charge in [-0.1, -0.05) is 20.8 Å². The van der Waals surface area contributed by atoms with Crippen LogP contribution in [-0.2, 0) is 6.61 Å². The van der Waals surface area contributed by atoms with E-state index in [1.807, 2.05) is 13.1 Å². The number of hydrogen-bond acceptors (Lipinski definition) is 4. The summed E-state index contributed by atoms with van der Waals surface area (Å²) in [6, 6.07) is 4.48. The molecule has 0 saturated carbocycles. The lowest BCUT2D eigenvalue weighted by Gasteiger charge is -2.36. The van der Waals surface area contributed by atoms with Crippen molar-refractivity contribution in [3.05, 3.63) is 33.9 Å². The summed E-state index contributed by atoms with van der Waals surface area (Å²) in [6.07, 6.45) is 0. The molecule has 1 aromatic carbocycles. The molecule has 1 rings (SSSR count). The van der Waals surface area contributed by atoms with Gasteiger partial charge in [0.1, 0.15) is 0 Å². The average Bonchev–Trinajstić information content (AvgIpc) is 2.26. The van der Waals surface area contributed by atoms with Crippen molar-refractivity contribution in [1.82, 2.24) is 0 Å². The van der Waals surface area contributed by atoms with Crippen LogP contribution < -0.4 is 4.43 Å². The van der Waals surface area contributed by atoms with Crippen LogP contribution in [-0.4, -0.2) is 18.3 Å². The third kappa shape index (κ3) is 3.54. The second kappa shape index (κ2) is 5.30. The number of benzene rings is 1. The topological polar surface area (TPSA) is 72.6 Å². The van der Waals surface area contributed by atoms with Gasteiger partial charge in [0.15, 0.2) is 5.75 Å². The molecule has 0 aliphatic heterocycles. The number of hydrogen-bond donors (Lipinski definition) is 1. The highest BCUT2D eigenvalue weighted by atomic mass is 28.4. The summed E-state index contributed by atoms with van der Waals surface area (Å²) in [5, 5.41) is 20.1. The molecule has 0 spiro atoms. The van der Waals surface area contributed by atoms with Crippen molar-refractivity contribution in [2.45, 2.75) is 45.5 Å². The molecule has 0 aromatic heterocycles. The summed E-state index contributed by atoms with van der Waals surface area (Å²) in [7, 11) is -2.14. The Morgan fingerprint density at radius 3 is 2.37 bits per heavy atom. The smallest absolute Gasteiger partial charge is 0.309 e. The predicted octanol–water partition coefficient (Wildman–Crippen LogP) is 3.47. The number of nitro groups is 1. The Hall–Kier alpha value is -1.40. The van der Waals surface area contributed by atoms with Crippen LogP contribution in [0.15, 0.2) is 18.2 Å². The lowest BCUT2D eigenvalue weighted by Crippen LogP contribution is -2.44. The maximum Gasteiger partial charge on any atom is 0.309 e. The molecular weight excluding hydrogens is 262 g/mol. The van der Waals surface area contributed by atoms with Crippen LogP contribution in [0.3, 0.4) is 0 Å². The lowest BCUT2D eigenvalue weighted by atomic mass is 10.2. The average molecular weight is 283 g/mol. The van der Waals surface area contributed by atoms with E-state index < -0.39 is 13.2 Å². The van der Waals surface area contributed by atoms with Crippen molar-refractivity contribution in [3.8, 4) is 5.75 Å². The van der Waals surface area contributed by atoms with Crippen molar-refractivity contribution in [2.75, 3.05) is 0 Å². The quantitative estimate of drug-likeness (QED) is 0.521. The first-order valence-corrected chi connectivity index (χ1v) is 9.06. The van der Waals surface area contributed by atoms with E-state index in [2.05, 4.69) is 20.8 Å². The fourth-order valence-electron chi connectivity index (χ4n) is 1.32. The van der Waals surface area contributed by atoms with E-state index in [4.69, 9.17) is 9.53 Å². The van der Waals surface area contributed by atoms with Crippen molar-refractivity contribution in [1.29, 1.82) is 0 Å². The number of nitrogens with zero attached hydrogens (tertiary/aromatic N) is 1. The lowest BCUT2D eigenvalue weighted by molar-refractivity contribution is -0.385. The summed E-state index contributed by atoms with van der Waals surface area (Å²) in [4.78, 5) is 10.6. The number of aliphatic hydroxyl groups is 1. The Bertz CT molecular complexity index is 480. The molecule has 0 aliphatic carbocycles. The normalized spacial score (nSPS) is 12.3. The van der Waals surface area contributed by atoms with Crippen LogP contribution in [0.25, 0.3) is 0 Å². The molecule has 6 heteroatoms. The van der Waals surface area contributed by atoms with Gasteiger partial charge in [-0.3, -0.25) is 10.1 Å². The molecule has 0 bridgehead atoms. The molecule has 5 nitrogen and oxygen atoms in total. The number of rotatable bonds is 4. The van der Waals surface area contributed by atoms with Gasteiger partial charge in [0.2, 0.25) is 0 Å². The van der Waals surface area contributed by atoms with E-state index in [9.17, 15) is 10.1 Å². The molecule has 1 aromatic rings. The summed E-state index contributed by atoms with van der Waals surface area (Å²) in [5.41, 5.74) is 0.557. The molecular formula is C13H21NO4Si. The molecule has 0 radical (unpaired) electrons. The Morgan fingerprint density at radius 2 is 1.95 bits per heavy atom. The Morgan fingerprint density at radius 1 is 1.37 bits per heavy atom. The molecule has 0 aliphatic rings. The van der Waals surface area contributed by atoms with Crippen LogP contribution >= 0.6 is 0 Å². The van der Waals surface area contributed by atoms with E-state index >= 15 is 0 Å². The van der Waals surface area contributed by atoms with E-state index in [1.165, 1.54) is 12.1 Å². The van der Waals surface area contributed by atoms with Crippen molar-refractivity contribution in [3.63, 3.8) is 0 Å². The minimum atomic E-state index is -2.14. The fourth-order valence-corrected chi connectivity index (χ4v) is 2.34. The van der Waals surface area contributed by atoms with Gasteiger partial charge >= 0.3 is 5.69 Å². The van der Waals surface area contributed by atoms with E-state index in [0.717, 1.165) is 0 Å². The number of nitro benzene ring substituents is 1. The minimum absolute atomic E-state index is 0.0455. The molecule has 1 N–H and O–H groups in total. The summed E-state index contributed by atoms with van der Waals surface area (Å²) in [5.74, 6) is 0.253. The van der Waals surface area contributed by atoms with E-state index in [0.29, 0.717) is 5.56 Å². The standard InChI is InChI=1S/C13H21NO4Si/c1-13(2,3)19(4,5)18-12-8-10(9-15)6-7-11(12)14(16)17/h6-8,15H,9H2,1-5H3. The first kappa shape index (κ1) is 15.7. The summed E-state index contributed by atoms with van der Waals surface area (Å²) < 4.78 is 5.99. The van der Waals surface area contributed by atoms with Gasteiger partial charge in [0.05, 0.1) is 11.5 Å². The second-order valence-electron chi connectivity index (χ2n) is 6.08. The van der Waals surface area contributed by atoms with Gasteiger partial charge in [0.25, 0.3) is 8.32 Å². The highest BCUT2D eigenvalue weighted by molar-refractivity contribution is 6.74. The maximum atomic E-state index is 11.0. The molecule has 106 valence electrons. The first-order valence-electron chi connectivity index (χ1n) is 6.15.